The molecule has 16 heavy (non-hydrogen) atoms. The van der Waals surface area contributed by atoms with E-state index in [2.05, 4.69) is 9.97 Å². The van der Waals surface area contributed by atoms with Crippen LogP contribution in [0.15, 0.2) is 24.5 Å². The molecule has 0 fully saturated rings. The quantitative estimate of drug-likeness (QED) is 0.854. The highest BCUT2D eigenvalue weighted by molar-refractivity contribution is 6.37. The van der Waals surface area contributed by atoms with Crippen molar-refractivity contribution in [3.8, 4) is 11.3 Å². The number of hydrogen-bond acceptors (Lipinski definition) is 3. The van der Waals surface area contributed by atoms with Crippen LogP contribution in [0.3, 0.4) is 0 Å². The Morgan fingerprint density at radius 1 is 1.25 bits per heavy atom. The van der Waals surface area contributed by atoms with Gasteiger partial charge >= 0.3 is 0 Å². The molecule has 0 aromatic carbocycles. The van der Waals surface area contributed by atoms with Crippen LogP contribution in [-0.2, 0) is 0 Å². The van der Waals surface area contributed by atoms with Crippen LogP contribution >= 0.6 is 23.2 Å². The number of rotatable bonds is 1. The van der Waals surface area contributed by atoms with Crippen molar-refractivity contribution in [3.05, 3.63) is 40.4 Å². The van der Waals surface area contributed by atoms with Crippen LogP contribution in [0.5, 0.6) is 0 Å². The molecular formula is C10H6Cl2FN3. The second-order valence-corrected chi connectivity index (χ2v) is 3.86. The number of hydrogen-bond donors (Lipinski definition) is 1. The fraction of sp³-hybridized carbons (Fsp3) is 0. The summed E-state index contributed by atoms with van der Waals surface area (Å²) in [6, 6.07) is 2.90. The fourth-order valence-corrected chi connectivity index (χ4v) is 1.70. The minimum Gasteiger partial charge on any atom is -0.382 e. The van der Waals surface area contributed by atoms with Crippen LogP contribution in [0.2, 0.25) is 10.0 Å². The van der Waals surface area contributed by atoms with E-state index in [1.54, 1.807) is 0 Å². The molecule has 0 aliphatic rings. The van der Waals surface area contributed by atoms with E-state index in [4.69, 9.17) is 28.9 Å². The third-order valence-corrected chi connectivity index (χ3v) is 2.58. The van der Waals surface area contributed by atoms with Gasteiger partial charge in [0, 0.05) is 11.8 Å². The molecular weight excluding hydrogens is 252 g/mol. The summed E-state index contributed by atoms with van der Waals surface area (Å²) in [4.78, 5) is 7.59. The second-order valence-electron chi connectivity index (χ2n) is 3.04. The summed E-state index contributed by atoms with van der Waals surface area (Å²) >= 11 is 11.7. The van der Waals surface area contributed by atoms with Gasteiger partial charge in [0.05, 0.1) is 21.9 Å². The average molecular weight is 258 g/mol. The van der Waals surface area contributed by atoms with Crippen molar-refractivity contribution in [2.75, 3.05) is 5.73 Å². The van der Waals surface area contributed by atoms with E-state index in [-0.39, 0.29) is 27.1 Å². The Bertz CT molecular complexity index is 546. The molecule has 82 valence electrons. The van der Waals surface area contributed by atoms with Crippen molar-refractivity contribution < 1.29 is 4.39 Å². The first-order chi connectivity index (χ1) is 7.59. The Hall–Kier alpha value is -1.39. The van der Waals surface area contributed by atoms with Gasteiger partial charge in [0.25, 0.3) is 0 Å². The lowest BCUT2D eigenvalue weighted by molar-refractivity contribution is 0.624. The van der Waals surface area contributed by atoms with Crippen LogP contribution in [0, 0.1) is 5.82 Å². The summed E-state index contributed by atoms with van der Waals surface area (Å²) in [6.07, 6.45) is 2.53. The van der Waals surface area contributed by atoms with Gasteiger partial charge in [0.2, 0.25) is 0 Å². The number of aromatic nitrogens is 2. The van der Waals surface area contributed by atoms with Crippen molar-refractivity contribution in [2.24, 2.45) is 0 Å². The normalized spacial score (nSPS) is 10.4. The summed E-state index contributed by atoms with van der Waals surface area (Å²) < 4.78 is 13.5. The first-order valence-corrected chi connectivity index (χ1v) is 5.06. The van der Waals surface area contributed by atoms with Gasteiger partial charge in [-0.1, -0.05) is 23.2 Å². The average Bonchev–Trinajstić information content (AvgIpc) is 2.25. The first kappa shape index (κ1) is 11.1. The van der Waals surface area contributed by atoms with Crippen LogP contribution < -0.4 is 5.73 Å². The summed E-state index contributed by atoms with van der Waals surface area (Å²) in [5.74, 6) is -0.407. The summed E-state index contributed by atoms with van der Waals surface area (Å²) in [6.45, 7) is 0. The van der Waals surface area contributed by atoms with E-state index in [0.717, 1.165) is 6.20 Å². The SMILES string of the molecule is Nc1nc(-c2ccncc2F)c(Cl)cc1Cl. The summed E-state index contributed by atoms with van der Waals surface area (Å²) in [5.41, 5.74) is 6.03. The number of nitrogens with two attached hydrogens (primary N) is 1. The minimum absolute atomic E-state index is 0.109. The number of nitrogen functional groups attached to an aromatic ring is 1. The van der Waals surface area contributed by atoms with Crippen LogP contribution in [0.1, 0.15) is 0 Å². The third-order valence-electron chi connectivity index (χ3n) is 1.98. The van der Waals surface area contributed by atoms with Gasteiger partial charge in [-0.05, 0) is 12.1 Å². The monoisotopic (exact) mass is 257 g/mol. The molecule has 0 radical (unpaired) electrons. The van der Waals surface area contributed by atoms with Gasteiger partial charge in [-0.15, -0.1) is 0 Å². The van der Waals surface area contributed by atoms with Gasteiger partial charge in [0.1, 0.15) is 5.82 Å². The van der Waals surface area contributed by atoms with Crippen molar-refractivity contribution in [2.45, 2.75) is 0 Å². The molecule has 2 aromatic heterocycles. The molecule has 0 bridgehead atoms. The zero-order valence-corrected chi connectivity index (χ0v) is 9.43. The van der Waals surface area contributed by atoms with E-state index < -0.39 is 5.82 Å². The highest BCUT2D eigenvalue weighted by Gasteiger charge is 2.12. The fourth-order valence-electron chi connectivity index (χ4n) is 1.24. The number of nitrogens with zero attached hydrogens (tertiary/aromatic N) is 2. The van der Waals surface area contributed by atoms with Crippen LogP contribution in [0.25, 0.3) is 11.3 Å². The topological polar surface area (TPSA) is 51.8 Å². The van der Waals surface area contributed by atoms with Gasteiger partial charge < -0.3 is 5.73 Å². The minimum atomic E-state index is -0.515. The van der Waals surface area contributed by atoms with Crippen molar-refractivity contribution in [1.82, 2.24) is 9.97 Å². The molecule has 0 atom stereocenters. The van der Waals surface area contributed by atoms with E-state index >= 15 is 0 Å². The number of halogens is 3. The van der Waals surface area contributed by atoms with Crippen molar-refractivity contribution in [1.29, 1.82) is 0 Å². The van der Waals surface area contributed by atoms with Gasteiger partial charge in [-0.3, -0.25) is 4.98 Å². The Kier molecular flexibility index (Phi) is 2.94. The van der Waals surface area contributed by atoms with Gasteiger partial charge in [-0.25, -0.2) is 9.37 Å². The van der Waals surface area contributed by atoms with Crippen molar-refractivity contribution >= 4 is 29.0 Å². The zero-order valence-electron chi connectivity index (χ0n) is 7.92. The number of anilines is 1. The van der Waals surface area contributed by atoms with E-state index in [1.807, 2.05) is 0 Å². The van der Waals surface area contributed by atoms with Crippen molar-refractivity contribution in [3.63, 3.8) is 0 Å². The molecule has 3 nitrogen and oxygen atoms in total. The molecule has 6 heteroatoms. The lowest BCUT2D eigenvalue weighted by atomic mass is 10.1. The molecule has 2 N–H and O–H groups in total. The van der Waals surface area contributed by atoms with Crippen LogP contribution in [0.4, 0.5) is 10.2 Å². The maximum Gasteiger partial charge on any atom is 0.150 e. The van der Waals surface area contributed by atoms with E-state index in [1.165, 1.54) is 18.3 Å². The molecule has 0 spiro atoms. The van der Waals surface area contributed by atoms with Gasteiger partial charge in [0.15, 0.2) is 5.82 Å². The predicted molar refractivity (Wildman–Crippen MR) is 61.9 cm³/mol. The smallest absolute Gasteiger partial charge is 0.150 e. The van der Waals surface area contributed by atoms with E-state index in [9.17, 15) is 4.39 Å². The Balaban J connectivity index is 2.65. The lowest BCUT2D eigenvalue weighted by Gasteiger charge is -2.06. The zero-order chi connectivity index (χ0) is 11.7. The predicted octanol–water partition coefficient (Wildman–Crippen LogP) is 3.17. The maximum absolute atomic E-state index is 13.5. The van der Waals surface area contributed by atoms with Crippen LogP contribution in [-0.4, -0.2) is 9.97 Å². The van der Waals surface area contributed by atoms with Gasteiger partial charge in [-0.2, -0.15) is 0 Å². The third kappa shape index (κ3) is 1.94. The molecule has 0 unspecified atom stereocenters. The molecule has 0 saturated heterocycles. The molecule has 0 amide bonds. The molecule has 2 aromatic rings. The summed E-state index contributed by atoms with van der Waals surface area (Å²) in [5, 5.41) is 0.479. The Morgan fingerprint density at radius 3 is 2.69 bits per heavy atom. The summed E-state index contributed by atoms with van der Waals surface area (Å²) in [7, 11) is 0. The van der Waals surface area contributed by atoms with E-state index in [0.29, 0.717) is 0 Å². The molecule has 0 saturated carbocycles. The standard InChI is InChI=1S/C10H6Cl2FN3/c11-6-3-7(12)10(14)16-9(6)5-1-2-15-4-8(5)13/h1-4H,(H2,14,16). The Labute approximate surface area is 101 Å². The lowest BCUT2D eigenvalue weighted by Crippen LogP contribution is -1.96. The highest BCUT2D eigenvalue weighted by atomic mass is 35.5. The Morgan fingerprint density at radius 2 is 2.00 bits per heavy atom. The molecule has 2 heterocycles. The number of pyridine rings is 2. The highest BCUT2D eigenvalue weighted by Crippen LogP contribution is 2.31. The first-order valence-electron chi connectivity index (χ1n) is 4.31. The second kappa shape index (κ2) is 4.23. The molecule has 0 aliphatic heterocycles. The molecule has 2 rings (SSSR count). The largest absolute Gasteiger partial charge is 0.382 e. The molecule has 0 aliphatic carbocycles. The maximum atomic E-state index is 13.5.